The van der Waals surface area contributed by atoms with E-state index in [-0.39, 0.29) is 47.0 Å². The van der Waals surface area contributed by atoms with Gasteiger partial charge >= 0.3 is 0 Å². The molecule has 4 saturated carbocycles. The van der Waals surface area contributed by atoms with Gasteiger partial charge in [-0.3, -0.25) is 16.2 Å². The fourth-order valence-electron chi connectivity index (χ4n) is 10.9. The first-order valence-electron chi connectivity index (χ1n) is 19.1. The van der Waals surface area contributed by atoms with Crippen LogP contribution in [-0.2, 0) is 14.2 Å². The van der Waals surface area contributed by atoms with Gasteiger partial charge in [-0.05, 0) is 119 Å². The van der Waals surface area contributed by atoms with Crippen LogP contribution in [0.3, 0.4) is 0 Å². The zero-order valence-corrected chi connectivity index (χ0v) is 31.1. The molecule has 4 fully saturated rings. The van der Waals surface area contributed by atoms with Gasteiger partial charge in [0.1, 0.15) is 0 Å². The van der Waals surface area contributed by atoms with Crippen LogP contribution in [-0.4, -0.2) is 101 Å². The molecule has 4 aliphatic rings. The molecule has 13 heteroatoms. The second-order valence-corrected chi connectivity index (χ2v) is 16.1. The summed E-state index contributed by atoms with van der Waals surface area (Å²) in [5, 5.41) is 31.5. The highest BCUT2D eigenvalue weighted by Gasteiger charge is 2.66. The second-order valence-electron chi connectivity index (χ2n) is 16.1. The second kappa shape index (κ2) is 17.7. The normalized spacial score (nSPS) is 35.9. The third-order valence-corrected chi connectivity index (χ3v) is 13.4. The fourth-order valence-corrected chi connectivity index (χ4v) is 10.9. The molecule has 0 amide bonds. The number of ether oxygens (including phenoxy) is 3. The van der Waals surface area contributed by atoms with Crippen LogP contribution >= 0.6 is 0 Å². The Morgan fingerprint density at radius 1 is 0.837 bits per heavy atom. The molecule has 0 aliphatic heterocycles. The predicted molar refractivity (Wildman–Crippen MR) is 197 cm³/mol. The van der Waals surface area contributed by atoms with Gasteiger partial charge in [-0.1, -0.05) is 27.7 Å². The van der Waals surface area contributed by atoms with Gasteiger partial charge in [0, 0.05) is 25.0 Å². The zero-order chi connectivity index (χ0) is 35.8. The first-order valence-corrected chi connectivity index (χ1v) is 19.1. The number of guanidine groups is 3. The number of nitrogens with one attached hydrogen (secondary N) is 6. The van der Waals surface area contributed by atoms with Crippen molar-refractivity contribution in [2.45, 2.75) is 104 Å². The number of hydrogen-bond donors (Lipinski definition) is 9. The Bertz CT molecular complexity index is 1100. The summed E-state index contributed by atoms with van der Waals surface area (Å²) in [7, 11) is 2.21. The molecule has 13 nitrogen and oxygen atoms in total. The Labute approximate surface area is 295 Å². The fraction of sp³-hybridized carbons (Fsp3) is 0.917. The van der Waals surface area contributed by atoms with Gasteiger partial charge in [0.15, 0.2) is 17.9 Å². The summed E-state index contributed by atoms with van der Waals surface area (Å²) in [5.41, 5.74) is 16.9. The maximum atomic E-state index is 7.66. The maximum Gasteiger partial charge on any atom is 0.185 e. The van der Waals surface area contributed by atoms with Crippen molar-refractivity contribution in [1.29, 1.82) is 16.2 Å². The lowest BCUT2D eigenvalue weighted by molar-refractivity contribution is -0.226. The summed E-state index contributed by atoms with van der Waals surface area (Å²) in [6.07, 6.45) is 10.5. The molecular weight excluding hydrogens is 620 g/mol. The Kier molecular flexibility index (Phi) is 14.3. The maximum absolute atomic E-state index is 7.66. The number of hydrogen-bond acceptors (Lipinski definition) is 7. The number of nitrogens with two attached hydrogens (primary N) is 3. The highest BCUT2D eigenvalue weighted by Crippen LogP contribution is 2.69. The minimum absolute atomic E-state index is 0.0150. The predicted octanol–water partition coefficient (Wildman–Crippen LogP) is 2.84. The molecule has 0 bridgehead atoms. The van der Waals surface area contributed by atoms with Crippen LogP contribution in [0.15, 0.2) is 0 Å². The summed E-state index contributed by atoms with van der Waals surface area (Å²) in [5.74, 6) is 3.00. The molecule has 49 heavy (non-hydrogen) atoms. The average Bonchev–Trinajstić information content (AvgIpc) is 3.41. The lowest BCUT2D eigenvalue weighted by Gasteiger charge is -2.65. The van der Waals surface area contributed by atoms with E-state index in [0.29, 0.717) is 75.0 Å². The summed E-state index contributed by atoms with van der Waals surface area (Å²) >= 11 is 0. The molecule has 11 atom stereocenters. The lowest BCUT2D eigenvalue weighted by Crippen LogP contribution is -2.63. The monoisotopic (exact) mass is 691 g/mol. The highest BCUT2D eigenvalue weighted by atomic mass is 16.5. The molecule has 3 unspecified atom stereocenters. The molecule has 0 aromatic rings. The number of fused-ring (bicyclic) bond motifs is 5. The number of rotatable bonds is 18. The van der Waals surface area contributed by atoms with Crippen molar-refractivity contribution in [3.63, 3.8) is 0 Å². The van der Waals surface area contributed by atoms with E-state index in [2.05, 4.69) is 55.6 Å². The van der Waals surface area contributed by atoms with Crippen molar-refractivity contribution in [1.82, 2.24) is 20.9 Å². The van der Waals surface area contributed by atoms with E-state index in [1.807, 2.05) is 0 Å². The van der Waals surface area contributed by atoms with Gasteiger partial charge in [0.2, 0.25) is 0 Å². The Balaban J connectivity index is 1.60. The molecule has 0 saturated heterocycles. The standard InChI is InChI=1S/C36H70N10O3/c1-6-46(5)16-7-8-23(2)26-9-10-27-31-28(22-30(36(26,27)4)49-19-15-45-34(41)42)35(3)12-11-25(47-17-13-43-32(37)38)20-24(35)21-29(31)48-18-14-44-33(39)40/h23-31H,6-22H2,1-5H3,(H4,37,38,43)(H4,39,40,44)(H4,41,42,45)/t23-,24?,25-,26-,27+,28+,29-,30+,31?,35+,36?/m1/s1. The summed E-state index contributed by atoms with van der Waals surface area (Å²) < 4.78 is 20.2. The van der Waals surface area contributed by atoms with Crippen molar-refractivity contribution in [3.05, 3.63) is 0 Å². The minimum atomic E-state index is -0.0248. The van der Waals surface area contributed by atoms with Gasteiger partial charge in [-0.25, -0.2) is 0 Å². The van der Waals surface area contributed by atoms with Crippen LogP contribution in [0.4, 0.5) is 0 Å². The third-order valence-electron chi connectivity index (χ3n) is 13.4. The van der Waals surface area contributed by atoms with Crippen LogP contribution in [0, 0.1) is 62.6 Å². The molecule has 0 aromatic carbocycles. The summed E-state index contributed by atoms with van der Waals surface area (Å²) in [4.78, 5) is 2.41. The minimum Gasteiger partial charge on any atom is -0.376 e. The third kappa shape index (κ3) is 9.51. The smallest absolute Gasteiger partial charge is 0.185 e. The van der Waals surface area contributed by atoms with Crippen molar-refractivity contribution in [2.75, 3.05) is 59.6 Å². The van der Waals surface area contributed by atoms with Gasteiger partial charge in [-0.2, -0.15) is 0 Å². The first-order chi connectivity index (χ1) is 23.3. The zero-order valence-electron chi connectivity index (χ0n) is 31.1. The van der Waals surface area contributed by atoms with E-state index in [0.717, 1.165) is 45.2 Å². The van der Waals surface area contributed by atoms with Crippen molar-refractivity contribution < 1.29 is 14.2 Å². The van der Waals surface area contributed by atoms with Crippen LogP contribution in [0.25, 0.3) is 0 Å². The Morgan fingerprint density at radius 2 is 1.45 bits per heavy atom. The average molecular weight is 691 g/mol. The molecule has 0 aromatic heterocycles. The van der Waals surface area contributed by atoms with Crippen LogP contribution in [0.5, 0.6) is 0 Å². The van der Waals surface area contributed by atoms with Gasteiger partial charge in [0.25, 0.3) is 0 Å². The van der Waals surface area contributed by atoms with Crippen LogP contribution < -0.4 is 33.2 Å². The van der Waals surface area contributed by atoms with Crippen molar-refractivity contribution in [3.8, 4) is 0 Å². The van der Waals surface area contributed by atoms with Crippen LogP contribution in [0.2, 0.25) is 0 Å². The molecule has 0 heterocycles. The van der Waals surface area contributed by atoms with E-state index in [9.17, 15) is 0 Å². The molecular formula is C36H70N10O3. The number of nitrogens with zero attached hydrogens (tertiary/aromatic N) is 1. The van der Waals surface area contributed by atoms with E-state index < -0.39 is 0 Å². The SMILES string of the molecule is CCN(C)CCC[C@@H](C)[C@H]1CC[C@H]2C3[C@H](OCCNC(=N)N)CC4C[C@H](OCCNC(=N)N)CC[C@]4(C)[C@H]3C[C@H](OCCNC(=N)N)C12C. The first kappa shape index (κ1) is 39.4. The molecule has 0 radical (unpaired) electrons. The van der Waals surface area contributed by atoms with Gasteiger partial charge < -0.3 is 52.3 Å². The van der Waals surface area contributed by atoms with Crippen molar-refractivity contribution in [2.24, 2.45) is 63.5 Å². The van der Waals surface area contributed by atoms with E-state index in [1.165, 1.54) is 25.7 Å². The van der Waals surface area contributed by atoms with E-state index in [4.69, 9.17) is 47.6 Å². The summed E-state index contributed by atoms with van der Waals surface area (Å²) in [6, 6.07) is 0. The van der Waals surface area contributed by atoms with Gasteiger partial charge in [-0.15, -0.1) is 0 Å². The lowest BCUT2D eigenvalue weighted by atomic mass is 9.43. The van der Waals surface area contributed by atoms with E-state index >= 15 is 0 Å². The van der Waals surface area contributed by atoms with Crippen LogP contribution in [0.1, 0.15) is 85.5 Å². The summed E-state index contributed by atoms with van der Waals surface area (Å²) in [6.45, 7) is 15.2. The molecule has 4 aliphatic carbocycles. The Hall–Kier alpha value is -2.35. The van der Waals surface area contributed by atoms with Crippen molar-refractivity contribution >= 4 is 17.9 Å². The quantitative estimate of drug-likeness (QED) is 0.0582. The largest absolute Gasteiger partial charge is 0.376 e. The molecule has 0 spiro atoms. The van der Waals surface area contributed by atoms with E-state index in [1.54, 1.807) is 0 Å². The molecule has 282 valence electrons. The molecule has 4 rings (SSSR count). The topological polar surface area (TPSA) is 217 Å². The Morgan fingerprint density at radius 3 is 2.06 bits per heavy atom. The van der Waals surface area contributed by atoms with Gasteiger partial charge in [0.05, 0.1) is 38.1 Å². The highest BCUT2D eigenvalue weighted by molar-refractivity contribution is 5.74. The molecule has 12 N–H and O–H groups in total.